The van der Waals surface area contributed by atoms with Crippen LogP contribution in [0.4, 0.5) is 6.01 Å². The first-order valence-electron chi connectivity index (χ1n) is 5.88. The standard InChI is InChI=1S/C13H6Cl3N3O2S/c14-7-3-1-6(2-4-7)12-18-19-13(21-12)17-11(20)8-5-9(15)22-10(8)16/h1-5H,(H,17,19,20). The summed E-state index contributed by atoms with van der Waals surface area (Å²) in [7, 11) is 0. The first-order valence-corrected chi connectivity index (χ1v) is 7.83. The number of anilines is 1. The van der Waals surface area contributed by atoms with E-state index in [1.54, 1.807) is 24.3 Å². The van der Waals surface area contributed by atoms with Crippen molar-refractivity contribution in [2.75, 3.05) is 5.32 Å². The highest BCUT2D eigenvalue weighted by atomic mass is 35.5. The van der Waals surface area contributed by atoms with Crippen molar-refractivity contribution in [2.45, 2.75) is 0 Å². The van der Waals surface area contributed by atoms with Gasteiger partial charge in [-0.15, -0.1) is 16.4 Å². The fraction of sp³-hybridized carbons (Fsp3) is 0. The predicted octanol–water partition coefficient (Wildman–Crippen LogP) is 5.01. The van der Waals surface area contributed by atoms with Gasteiger partial charge in [0.2, 0.25) is 5.89 Å². The molecule has 0 spiro atoms. The van der Waals surface area contributed by atoms with Crippen LogP contribution in [-0.2, 0) is 0 Å². The minimum atomic E-state index is -0.473. The second-order valence-corrected chi connectivity index (χ2v) is 6.83. The highest BCUT2D eigenvalue weighted by molar-refractivity contribution is 7.20. The van der Waals surface area contributed by atoms with Crippen molar-refractivity contribution in [2.24, 2.45) is 0 Å². The quantitative estimate of drug-likeness (QED) is 0.699. The van der Waals surface area contributed by atoms with Crippen molar-refractivity contribution in [3.63, 3.8) is 0 Å². The highest BCUT2D eigenvalue weighted by Gasteiger charge is 2.17. The first kappa shape index (κ1) is 15.3. The second kappa shape index (κ2) is 6.26. The fourth-order valence-electron chi connectivity index (χ4n) is 1.64. The smallest absolute Gasteiger partial charge is 0.322 e. The number of nitrogens with one attached hydrogen (secondary N) is 1. The topological polar surface area (TPSA) is 68.0 Å². The van der Waals surface area contributed by atoms with E-state index in [2.05, 4.69) is 15.5 Å². The molecule has 2 heterocycles. The van der Waals surface area contributed by atoms with Gasteiger partial charge in [-0.2, -0.15) is 0 Å². The van der Waals surface area contributed by atoms with Crippen LogP contribution in [-0.4, -0.2) is 16.1 Å². The monoisotopic (exact) mass is 373 g/mol. The molecular weight excluding hydrogens is 369 g/mol. The molecule has 0 atom stereocenters. The van der Waals surface area contributed by atoms with Crippen molar-refractivity contribution in [1.82, 2.24) is 10.2 Å². The predicted molar refractivity (Wildman–Crippen MR) is 87.0 cm³/mol. The molecule has 0 aliphatic rings. The van der Waals surface area contributed by atoms with Gasteiger partial charge in [0.1, 0.15) is 4.34 Å². The summed E-state index contributed by atoms with van der Waals surface area (Å²) in [5, 5.41) is 10.7. The molecule has 0 bridgehead atoms. The number of hydrogen-bond donors (Lipinski definition) is 1. The van der Waals surface area contributed by atoms with Gasteiger partial charge >= 0.3 is 6.01 Å². The number of halogens is 3. The van der Waals surface area contributed by atoms with Gasteiger partial charge in [-0.1, -0.05) is 39.9 Å². The summed E-state index contributed by atoms with van der Waals surface area (Å²) in [6, 6.07) is 8.31. The molecule has 0 fully saturated rings. The zero-order chi connectivity index (χ0) is 15.7. The van der Waals surface area contributed by atoms with Crippen LogP contribution in [0, 0.1) is 0 Å². The Bertz CT molecular complexity index is 829. The maximum absolute atomic E-state index is 12.0. The van der Waals surface area contributed by atoms with E-state index in [1.165, 1.54) is 6.07 Å². The molecule has 3 rings (SSSR count). The molecule has 22 heavy (non-hydrogen) atoms. The molecule has 0 aliphatic heterocycles. The summed E-state index contributed by atoms with van der Waals surface area (Å²) in [6.45, 7) is 0. The second-order valence-electron chi connectivity index (χ2n) is 4.11. The third-order valence-corrected chi connectivity index (χ3v) is 4.38. The Kier molecular flexibility index (Phi) is 4.35. The summed E-state index contributed by atoms with van der Waals surface area (Å²) in [4.78, 5) is 12.0. The number of carbonyl (C=O) groups is 1. The maximum Gasteiger partial charge on any atom is 0.322 e. The van der Waals surface area contributed by atoms with Crippen molar-refractivity contribution < 1.29 is 9.21 Å². The van der Waals surface area contributed by atoms with E-state index in [9.17, 15) is 4.79 Å². The number of hydrogen-bond acceptors (Lipinski definition) is 5. The van der Waals surface area contributed by atoms with E-state index in [4.69, 9.17) is 39.2 Å². The minimum Gasteiger partial charge on any atom is -0.403 e. The van der Waals surface area contributed by atoms with E-state index in [0.29, 0.717) is 19.3 Å². The molecule has 0 saturated heterocycles. The molecule has 5 nitrogen and oxygen atoms in total. The highest BCUT2D eigenvalue weighted by Crippen LogP contribution is 2.31. The molecular formula is C13H6Cl3N3O2S. The minimum absolute atomic E-state index is 0.0339. The maximum atomic E-state index is 12.0. The van der Waals surface area contributed by atoms with Crippen molar-refractivity contribution in [3.8, 4) is 11.5 Å². The number of nitrogens with zero attached hydrogens (tertiary/aromatic N) is 2. The normalized spacial score (nSPS) is 10.7. The zero-order valence-corrected chi connectivity index (χ0v) is 13.7. The van der Waals surface area contributed by atoms with Gasteiger partial charge in [0.25, 0.3) is 5.91 Å². The van der Waals surface area contributed by atoms with Crippen LogP contribution >= 0.6 is 46.1 Å². The summed E-state index contributed by atoms with van der Waals surface area (Å²) in [5.41, 5.74) is 0.942. The van der Waals surface area contributed by atoms with Crippen LogP contribution in [0.25, 0.3) is 11.5 Å². The van der Waals surface area contributed by atoms with Gasteiger partial charge in [-0.3, -0.25) is 10.1 Å². The van der Waals surface area contributed by atoms with Gasteiger partial charge in [-0.25, -0.2) is 0 Å². The van der Waals surface area contributed by atoms with E-state index in [1.807, 2.05) is 0 Å². The lowest BCUT2D eigenvalue weighted by atomic mass is 10.2. The van der Waals surface area contributed by atoms with Crippen LogP contribution in [0.15, 0.2) is 34.7 Å². The van der Waals surface area contributed by atoms with Gasteiger partial charge in [0.05, 0.1) is 9.90 Å². The van der Waals surface area contributed by atoms with Gasteiger partial charge in [-0.05, 0) is 30.3 Å². The largest absolute Gasteiger partial charge is 0.403 e. The van der Waals surface area contributed by atoms with Crippen molar-refractivity contribution in [1.29, 1.82) is 0 Å². The van der Waals surface area contributed by atoms with Crippen LogP contribution in [0.1, 0.15) is 10.4 Å². The zero-order valence-electron chi connectivity index (χ0n) is 10.6. The lowest BCUT2D eigenvalue weighted by Crippen LogP contribution is -2.11. The molecule has 0 saturated carbocycles. The Hall–Kier alpha value is -1.60. The summed E-state index contributed by atoms with van der Waals surface area (Å²) in [6.07, 6.45) is 0. The van der Waals surface area contributed by atoms with E-state index in [-0.39, 0.29) is 17.5 Å². The molecule has 112 valence electrons. The molecule has 0 radical (unpaired) electrons. The van der Waals surface area contributed by atoms with Crippen LogP contribution in [0.2, 0.25) is 13.7 Å². The molecule has 1 N–H and O–H groups in total. The summed E-state index contributed by atoms with van der Waals surface area (Å²) >= 11 is 18.6. The molecule has 3 aromatic rings. The Morgan fingerprint density at radius 2 is 1.86 bits per heavy atom. The number of benzene rings is 1. The SMILES string of the molecule is O=C(Nc1nnc(-c2ccc(Cl)cc2)o1)c1cc(Cl)sc1Cl. The molecule has 1 aromatic carbocycles. The van der Waals surface area contributed by atoms with E-state index in [0.717, 1.165) is 11.3 Å². The van der Waals surface area contributed by atoms with Crippen LogP contribution in [0.5, 0.6) is 0 Å². The average Bonchev–Trinajstić information content (AvgIpc) is 3.06. The summed E-state index contributed by atoms with van der Waals surface area (Å²) < 4.78 is 6.09. The lowest BCUT2D eigenvalue weighted by Gasteiger charge is -1.98. The van der Waals surface area contributed by atoms with Gasteiger partial charge in [0, 0.05) is 10.6 Å². The molecule has 9 heteroatoms. The number of thiophene rings is 1. The average molecular weight is 375 g/mol. The Morgan fingerprint density at radius 3 is 2.50 bits per heavy atom. The number of rotatable bonds is 3. The fourth-order valence-corrected chi connectivity index (χ4v) is 3.23. The third-order valence-electron chi connectivity index (χ3n) is 2.64. The summed E-state index contributed by atoms with van der Waals surface area (Å²) in [5.74, 6) is -0.208. The van der Waals surface area contributed by atoms with Crippen LogP contribution in [0.3, 0.4) is 0 Å². The third kappa shape index (κ3) is 3.25. The Labute approximate surface area is 143 Å². The van der Waals surface area contributed by atoms with E-state index < -0.39 is 5.91 Å². The molecule has 1 amide bonds. The van der Waals surface area contributed by atoms with Gasteiger partial charge < -0.3 is 4.42 Å². The Morgan fingerprint density at radius 1 is 1.14 bits per heavy atom. The first-order chi connectivity index (χ1) is 10.5. The van der Waals surface area contributed by atoms with Crippen molar-refractivity contribution in [3.05, 3.63) is 49.6 Å². The molecule has 0 aliphatic carbocycles. The van der Waals surface area contributed by atoms with E-state index >= 15 is 0 Å². The Balaban J connectivity index is 1.78. The van der Waals surface area contributed by atoms with Crippen LogP contribution < -0.4 is 5.32 Å². The number of aromatic nitrogens is 2. The van der Waals surface area contributed by atoms with Gasteiger partial charge in [0.15, 0.2) is 0 Å². The van der Waals surface area contributed by atoms with Crippen molar-refractivity contribution >= 4 is 58.1 Å². The number of carbonyl (C=O) groups excluding carboxylic acids is 1. The molecule has 0 unspecified atom stereocenters. The number of amides is 1. The lowest BCUT2D eigenvalue weighted by molar-refractivity contribution is 0.102. The molecule has 2 aromatic heterocycles.